The summed E-state index contributed by atoms with van der Waals surface area (Å²) in [7, 11) is 0. The van der Waals surface area contributed by atoms with Crippen molar-refractivity contribution in [3.05, 3.63) is 57.7 Å². The molecule has 32 heavy (non-hydrogen) atoms. The molecule has 1 aliphatic carbocycles. The van der Waals surface area contributed by atoms with Crippen molar-refractivity contribution in [3.8, 4) is 6.07 Å². The minimum atomic E-state index is -1.58. The molecule has 0 unspecified atom stereocenters. The van der Waals surface area contributed by atoms with Gasteiger partial charge in [-0.3, -0.25) is 9.59 Å². The van der Waals surface area contributed by atoms with Gasteiger partial charge in [-0.05, 0) is 44.7 Å². The van der Waals surface area contributed by atoms with Gasteiger partial charge in [-0.25, -0.2) is 0 Å². The average molecular weight is 430 g/mol. The molecule has 3 heterocycles. The fourth-order valence-corrected chi connectivity index (χ4v) is 6.10. The van der Waals surface area contributed by atoms with Gasteiger partial charge in [-0.15, -0.1) is 0 Å². The van der Waals surface area contributed by atoms with Crippen molar-refractivity contribution in [1.82, 2.24) is 0 Å². The zero-order chi connectivity index (χ0) is 23.4. The topological polar surface area (TPSA) is 96.4 Å². The van der Waals surface area contributed by atoms with Crippen LogP contribution in [0.25, 0.3) is 5.57 Å². The number of Topliss-reactive ketones (excluding diaryl/α,β-unsaturated/α-hetero) is 1. The third-order valence-corrected chi connectivity index (χ3v) is 7.15. The average Bonchev–Trinajstić information content (AvgIpc) is 2.89. The van der Waals surface area contributed by atoms with E-state index in [0.717, 1.165) is 22.4 Å². The first-order valence-electron chi connectivity index (χ1n) is 10.9. The molecule has 0 saturated carbocycles. The van der Waals surface area contributed by atoms with Crippen molar-refractivity contribution >= 4 is 23.0 Å². The number of nitriles is 1. The van der Waals surface area contributed by atoms with Crippen LogP contribution in [0.3, 0.4) is 0 Å². The molecule has 0 saturated heterocycles. The summed E-state index contributed by atoms with van der Waals surface area (Å²) in [5.41, 5.74) is 8.40. The van der Waals surface area contributed by atoms with Crippen molar-refractivity contribution in [3.63, 3.8) is 0 Å². The second kappa shape index (κ2) is 5.92. The van der Waals surface area contributed by atoms with Crippen LogP contribution in [0.1, 0.15) is 64.2 Å². The number of ether oxygens (including phenoxy) is 1. The molecule has 1 aromatic rings. The largest absolute Gasteiger partial charge is 0.444 e. The van der Waals surface area contributed by atoms with E-state index in [4.69, 9.17) is 10.5 Å². The standard InChI is InChI=1S/C26H27N3O3/c1-13-7-15-14(2)9-25(5,6)29-21(15)16(8-13)26(23(29)31)17(12-27)22(28)32-19-11-24(3,4)10-18(30)20(19)26/h7-9H,10-11,28H2,1-6H3/t26-/m0/s1. The van der Waals surface area contributed by atoms with Crippen LogP contribution in [0.15, 0.2) is 41.0 Å². The minimum Gasteiger partial charge on any atom is -0.444 e. The van der Waals surface area contributed by atoms with Gasteiger partial charge in [0.05, 0.1) is 16.8 Å². The van der Waals surface area contributed by atoms with E-state index in [9.17, 15) is 14.9 Å². The van der Waals surface area contributed by atoms with Crippen LogP contribution in [-0.4, -0.2) is 17.2 Å². The lowest BCUT2D eigenvalue weighted by Gasteiger charge is -2.43. The van der Waals surface area contributed by atoms with E-state index in [-0.39, 0.29) is 40.6 Å². The third kappa shape index (κ3) is 2.29. The van der Waals surface area contributed by atoms with Crippen LogP contribution in [0.4, 0.5) is 5.69 Å². The number of benzene rings is 1. The monoisotopic (exact) mass is 429 g/mol. The predicted molar refractivity (Wildman–Crippen MR) is 121 cm³/mol. The summed E-state index contributed by atoms with van der Waals surface area (Å²) in [5.74, 6) is -0.157. The van der Waals surface area contributed by atoms with Gasteiger partial charge in [0.1, 0.15) is 22.8 Å². The Hall–Kier alpha value is -3.33. The number of aryl methyl sites for hydroxylation is 1. The van der Waals surface area contributed by atoms with E-state index >= 15 is 0 Å². The number of nitrogens with zero attached hydrogens (tertiary/aromatic N) is 2. The molecule has 0 bridgehead atoms. The highest BCUT2D eigenvalue weighted by Crippen LogP contribution is 2.61. The Balaban J connectivity index is 1.96. The summed E-state index contributed by atoms with van der Waals surface area (Å²) < 4.78 is 5.88. The third-order valence-electron chi connectivity index (χ3n) is 7.15. The van der Waals surface area contributed by atoms with Crippen LogP contribution in [0.5, 0.6) is 0 Å². The summed E-state index contributed by atoms with van der Waals surface area (Å²) in [5, 5.41) is 10.2. The molecule has 0 radical (unpaired) electrons. The predicted octanol–water partition coefficient (Wildman–Crippen LogP) is 4.14. The summed E-state index contributed by atoms with van der Waals surface area (Å²) in [4.78, 5) is 29.9. The second-order valence-electron chi connectivity index (χ2n) is 10.8. The molecule has 1 aromatic carbocycles. The number of hydrogen-bond acceptors (Lipinski definition) is 5. The number of carbonyl (C=O) groups is 2. The van der Waals surface area contributed by atoms with Gasteiger partial charge >= 0.3 is 0 Å². The summed E-state index contributed by atoms with van der Waals surface area (Å²) in [6.07, 6.45) is 2.81. The molecule has 5 rings (SSSR count). The Labute approximate surface area is 188 Å². The molecule has 0 fully saturated rings. The minimum absolute atomic E-state index is 0.00459. The lowest BCUT2D eigenvalue weighted by molar-refractivity contribution is -0.126. The first-order chi connectivity index (χ1) is 14.8. The first kappa shape index (κ1) is 20.6. The number of anilines is 1. The smallest absolute Gasteiger partial charge is 0.248 e. The highest BCUT2D eigenvalue weighted by Gasteiger charge is 2.65. The van der Waals surface area contributed by atoms with E-state index in [1.54, 1.807) is 4.90 Å². The molecule has 3 aliphatic heterocycles. The van der Waals surface area contributed by atoms with Crippen molar-refractivity contribution in [2.24, 2.45) is 11.1 Å². The number of rotatable bonds is 0. The van der Waals surface area contributed by atoms with E-state index in [0.29, 0.717) is 17.7 Å². The molecule has 0 aromatic heterocycles. The number of ketones is 1. The van der Waals surface area contributed by atoms with Crippen molar-refractivity contribution in [2.75, 3.05) is 4.90 Å². The number of fused-ring (bicyclic) bond motifs is 2. The first-order valence-corrected chi connectivity index (χ1v) is 10.9. The van der Waals surface area contributed by atoms with Crippen molar-refractivity contribution in [1.29, 1.82) is 5.26 Å². The number of hydrogen-bond donors (Lipinski definition) is 1. The number of amides is 1. The Kier molecular flexibility index (Phi) is 3.80. The highest BCUT2D eigenvalue weighted by molar-refractivity contribution is 6.22. The maximum atomic E-state index is 14.5. The van der Waals surface area contributed by atoms with Gasteiger partial charge in [0.25, 0.3) is 0 Å². The normalized spacial score (nSPS) is 27.2. The van der Waals surface area contributed by atoms with Gasteiger partial charge < -0.3 is 15.4 Å². The summed E-state index contributed by atoms with van der Waals surface area (Å²) in [6.45, 7) is 11.9. The Morgan fingerprint density at radius 1 is 1.12 bits per heavy atom. The van der Waals surface area contributed by atoms with E-state index in [2.05, 4.69) is 18.2 Å². The Morgan fingerprint density at radius 2 is 1.81 bits per heavy atom. The Bertz CT molecular complexity index is 1290. The summed E-state index contributed by atoms with van der Waals surface area (Å²) >= 11 is 0. The molecule has 164 valence electrons. The quantitative estimate of drug-likeness (QED) is 0.668. The summed E-state index contributed by atoms with van der Waals surface area (Å²) in [6, 6.07) is 6.14. The van der Waals surface area contributed by atoms with Gasteiger partial charge in [-0.2, -0.15) is 5.26 Å². The highest BCUT2D eigenvalue weighted by atomic mass is 16.5. The molecule has 4 aliphatic rings. The van der Waals surface area contributed by atoms with Crippen molar-refractivity contribution < 1.29 is 14.3 Å². The zero-order valence-electron chi connectivity index (χ0n) is 19.3. The van der Waals surface area contributed by atoms with Crippen LogP contribution in [0, 0.1) is 23.7 Å². The van der Waals surface area contributed by atoms with Gasteiger partial charge in [0, 0.05) is 24.0 Å². The number of allylic oxidation sites excluding steroid dienone is 2. The molecular weight excluding hydrogens is 402 g/mol. The van der Waals surface area contributed by atoms with E-state index in [1.807, 2.05) is 47.6 Å². The molecule has 6 heteroatoms. The molecular formula is C26H27N3O3. The lowest BCUT2D eigenvalue weighted by Crippen LogP contribution is -2.55. The van der Waals surface area contributed by atoms with Gasteiger partial charge in [-0.1, -0.05) is 31.6 Å². The van der Waals surface area contributed by atoms with Gasteiger partial charge in [0.15, 0.2) is 5.78 Å². The van der Waals surface area contributed by atoms with Crippen LogP contribution < -0.4 is 10.6 Å². The van der Waals surface area contributed by atoms with E-state index in [1.165, 1.54) is 0 Å². The molecule has 1 atom stereocenters. The fourth-order valence-electron chi connectivity index (χ4n) is 6.10. The maximum Gasteiger partial charge on any atom is 0.248 e. The van der Waals surface area contributed by atoms with Gasteiger partial charge in [0.2, 0.25) is 11.8 Å². The van der Waals surface area contributed by atoms with Crippen LogP contribution >= 0.6 is 0 Å². The Morgan fingerprint density at radius 3 is 2.47 bits per heavy atom. The maximum absolute atomic E-state index is 14.5. The van der Waals surface area contributed by atoms with Crippen LogP contribution in [-0.2, 0) is 19.7 Å². The molecule has 1 amide bonds. The lowest BCUT2D eigenvalue weighted by atomic mass is 9.62. The SMILES string of the molecule is CC1=CC(C)(C)N2C(=O)[C@]3(C(C#N)=C(N)OC4=C3C(=O)CC(C)(C)C4)c3cc(C)cc1c32. The van der Waals surface area contributed by atoms with Crippen LogP contribution in [0.2, 0.25) is 0 Å². The van der Waals surface area contributed by atoms with Crippen molar-refractivity contribution in [2.45, 2.75) is 65.3 Å². The van der Waals surface area contributed by atoms with E-state index < -0.39 is 11.0 Å². The zero-order valence-corrected chi connectivity index (χ0v) is 19.3. The number of carbonyl (C=O) groups excluding carboxylic acids is 2. The fraction of sp³-hybridized carbons (Fsp3) is 0.423. The molecule has 2 N–H and O–H groups in total. The number of nitrogens with two attached hydrogens (primary N) is 1. The second-order valence-corrected chi connectivity index (χ2v) is 10.8. The molecule has 6 nitrogen and oxygen atoms in total. The molecule has 1 spiro atoms.